The normalized spacial score (nSPS) is 14.1. The second-order valence-corrected chi connectivity index (χ2v) is 34.4. The minimum Gasteiger partial charge on any atom is -0.441 e. The Balaban J connectivity index is 0.000000950. The molecule has 48 nitrogen and oxygen atoms in total. The molecule has 0 radical (unpaired) electrons. The van der Waals surface area contributed by atoms with E-state index in [1.165, 1.54) is 55.4 Å². The molecule has 48 heteroatoms. The van der Waals surface area contributed by atoms with Crippen LogP contribution in [0.1, 0.15) is 210 Å². The molecule has 784 valence electrons. The molecule has 16 amide bonds. The largest absolute Gasteiger partial charge is 0.441 e. The first-order chi connectivity index (χ1) is 66.6. The lowest BCUT2D eigenvalue weighted by Gasteiger charge is -2.22. The van der Waals surface area contributed by atoms with Gasteiger partial charge in [0.1, 0.15) is 48.3 Å². The molecule has 0 unspecified atom stereocenters. The Morgan fingerprint density at radius 1 is 0.246 bits per heavy atom. The van der Waals surface area contributed by atoms with Crippen molar-refractivity contribution in [2.24, 2.45) is 34.5 Å². The SMILES string of the molecule is CC(C)C(=O)N[C@@H](C)C(=O)NCOC(=O)/C=C/C(=O)OCNC(=O)[C@H](C)NC(=O)C(C)C.C[C@H](NC(=O)C(C)(C)C)C(=O)NCOC(=O)/C=C/C(=O)OCNC(=O)[C@H](C)NC(=O)C(C)(C)C.C[C@H](NC(=O)C1CCCCC1)C(=O)NCOC(=O)/C=C/C(=O)OCNC(=O)[C@H](C)NC(=O)C1CCCCC1.C[C@H](NC(=O)c1ccccc1)C(=O)NCOC(=O)/C=C/C(=O)OCNC(=O)[C@H](C)NC(=O)c1ccccc1. The molecule has 142 heavy (non-hydrogen) atoms. The van der Waals surface area contributed by atoms with Crippen molar-refractivity contribution in [1.82, 2.24) is 85.1 Å². The van der Waals surface area contributed by atoms with E-state index in [1.54, 1.807) is 130 Å². The van der Waals surface area contributed by atoms with E-state index < -0.39 is 220 Å². The summed E-state index contributed by atoms with van der Waals surface area (Å²) in [5.41, 5.74) is -0.549. The van der Waals surface area contributed by atoms with Gasteiger partial charge in [0.2, 0.25) is 82.7 Å². The number of hydrogen-bond donors (Lipinski definition) is 16. The lowest BCUT2D eigenvalue weighted by Crippen LogP contribution is -2.48. The van der Waals surface area contributed by atoms with Gasteiger partial charge < -0.3 is 123 Å². The van der Waals surface area contributed by atoms with Gasteiger partial charge in [0.15, 0.2) is 53.8 Å². The van der Waals surface area contributed by atoms with Gasteiger partial charge in [-0.15, -0.1) is 0 Å². The predicted molar refractivity (Wildman–Crippen MR) is 503 cm³/mol. The van der Waals surface area contributed by atoms with E-state index in [9.17, 15) is 115 Å². The van der Waals surface area contributed by atoms with Gasteiger partial charge in [-0.2, -0.15) is 0 Å². The molecule has 8 atom stereocenters. The van der Waals surface area contributed by atoms with Crippen LogP contribution in [0, 0.1) is 34.5 Å². The second-order valence-electron chi connectivity index (χ2n) is 34.4. The number of benzene rings is 2. The third kappa shape index (κ3) is 55.9. The van der Waals surface area contributed by atoms with Gasteiger partial charge in [0.25, 0.3) is 11.8 Å². The lowest BCUT2D eigenvalue weighted by atomic mass is 9.88. The van der Waals surface area contributed by atoms with Crippen LogP contribution < -0.4 is 85.1 Å². The number of carbonyl (C=O) groups is 24. The van der Waals surface area contributed by atoms with Crippen LogP contribution in [0.15, 0.2) is 109 Å². The van der Waals surface area contributed by atoms with E-state index >= 15 is 0 Å². The Bertz CT molecular complexity index is 4460. The molecular formula is C94H136N16O32. The monoisotopic (exact) mass is 2000 g/mol. The Hall–Kier alpha value is -15.3. The van der Waals surface area contributed by atoms with Gasteiger partial charge >= 0.3 is 47.8 Å². The molecule has 0 heterocycles. The van der Waals surface area contributed by atoms with Gasteiger partial charge in [0.05, 0.1) is 0 Å². The molecule has 16 N–H and O–H groups in total. The summed E-state index contributed by atoms with van der Waals surface area (Å²) in [4.78, 5) is 284. The van der Waals surface area contributed by atoms with E-state index in [4.69, 9.17) is 37.9 Å². The highest BCUT2D eigenvalue weighted by molar-refractivity contribution is 6.00. The fourth-order valence-corrected chi connectivity index (χ4v) is 10.8. The Morgan fingerprint density at radius 2 is 0.423 bits per heavy atom. The zero-order valence-corrected chi connectivity index (χ0v) is 83.1. The van der Waals surface area contributed by atoms with Crippen LogP contribution >= 0.6 is 0 Å². The molecule has 0 bridgehead atoms. The van der Waals surface area contributed by atoms with E-state index in [0.717, 1.165) is 113 Å². The summed E-state index contributed by atoms with van der Waals surface area (Å²) in [7, 11) is 0. The van der Waals surface area contributed by atoms with Crippen molar-refractivity contribution in [2.75, 3.05) is 53.8 Å². The van der Waals surface area contributed by atoms with Gasteiger partial charge in [-0.3, -0.25) is 76.7 Å². The molecule has 2 aliphatic rings. The molecule has 2 saturated carbocycles. The summed E-state index contributed by atoms with van der Waals surface area (Å²) in [6, 6.07) is 10.00. The molecule has 0 aliphatic heterocycles. The van der Waals surface area contributed by atoms with Crippen molar-refractivity contribution in [3.05, 3.63) is 120 Å². The Morgan fingerprint density at radius 3 is 0.606 bits per heavy atom. The predicted octanol–water partition coefficient (Wildman–Crippen LogP) is 0.336. The van der Waals surface area contributed by atoms with Crippen molar-refractivity contribution in [3.8, 4) is 0 Å². The number of hydrogen-bond acceptors (Lipinski definition) is 32. The molecule has 4 rings (SSSR count). The fraction of sp³-hybridized carbons (Fsp3) is 0.532. The highest BCUT2D eigenvalue weighted by Gasteiger charge is 2.31. The quantitative estimate of drug-likeness (QED) is 0.0184. The molecule has 2 aromatic carbocycles. The minimum absolute atomic E-state index is 0.0782. The van der Waals surface area contributed by atoms with Gasteiger partial charge in [-0.1, -0.05) is 144 Å². The Labute approximate surface area is 822 Å². The Kier molecular flexibility index (Phi) is 58.9. The first kappa shape index (κ1) is 125. The molecule has 0 spiro atoms. The van der Waals surface area contributed by atoms with E-state index in [2.05, 4.69) is 85.1 Å². The van der Waals surface area contributed by atoms with Gasteiger partial charge in [0, 0.05) is 94.2 Å². The maximum Gasteiger partial charge on any atom is 0.332 e. The second kappa shape index (κ2) is 67.1. The maximum absolute atomic E-state index is 12.2. The third-order valence-corrected chi connectivity index (χ3v) is 19.5. The number of esters is 8. The number of rotatable bonds is 46. The highest BCUT2D eigenvalue weighted by Crippen LogP contribution is 2.25. The average molecular weight is 2000 g/mol. The third-order valence-electron chi connectivity index (χ3n) is 19.5. The molecule has 0 aromatic heterocycles. The standard InChI is InChI=1S/C26H40N4O8.C26H28N4O8.C22H36N4O8.C20H32N4O8/c2*1-17(29-25(35)19-9-5-3-6-10-19)23(33)27-15-37-21(31)13-14-22(32)38-16-28-24(34)18(2)30-26(36)20-11-7-4-8-12-20;1-13(25-19(31)21(3,4)5)17(29)23-11-33-15(27)9-10-16(28)34-12-24-18(30)14(2)26-20(32)22(6,7)8;1-11(2)17(27)23-13(5)19(29)21-9-31-15(25)7-8-16(26)32-10-22-20(30)14(6)24-18(28)12(3)4/h13-14,17-20H,3-12,15-16H2,1-2H3,(H,27,33)(H,28,34)(H,29,35)(H,30,36);3-14,17-18H,15-16H2,1-2H3,(H,27,33)(H,28,34)(H,29,35)(H,30,36);9-10,13-14H,11-12H2,1-8H3,(H,23,29)(H,24,30)(H,25,31)(H,26,32);7-8,11-14H,9-10H2,1-6H3,(H,21,29)(H,22,30)(H,23,27)(H,24,28)/b2*14-13+;10-9+;8-7+/t2*17-,18-;2*13-,14-/m0000/s1. The van der Waals surface area contributed by atoms with Crippen molar-refractivity contribution in [2.45, 2.75) is 237 Å². The summed E-state index contributed by atoms with van der Waals surface area (Å²) in [6.45, 7) is 25.1. The zero-order valence-electron chi connectivity index (χ0n) is 83.1. The first-order valence-electron chi connectivity index (χ1n) is 45.5. The zero-order chi connectivity index (χ0) is 107. The van der Waals surface area contributed by atoms with Crippen LogP contribution in [0.2, 0.25) is 0 Å². The topological polar surface area (TPSA) is 676 Å². The lowest BCUT2D eigenvalue weighted by molar-refractivity contribution is -0.143. The summed E-state index contributed by atoms with van der Waals surface area (Å²) in [5, 5.41) is 39.0. The van der Waals surface area contributed by atoms with Gasteiger partial charge in [-0.25, -0.2) is 38.4 Å². The molecule has 2 fully saturated rings. The highest BCUT2D eigenvalue weighted by atomic mass is 16.6. The summed E-state index contributed by atoms with van der Waals surface area (Å²) < 4.78 is 38.0. The van der Waals surface area contributed by atoms with Crippen molar-refractivity contribution in [3.63, 3.8) is 0 Å². The summed E-state index contributed by atoms with van der Waals surface area (Å²) in [6.07, 6.45) is 15.8. The average Bonchev–Trinajstić information content (AvgIpc) is 0.906. The number of ether oxygens (including phenoxy) is 8. The maximum atomic E-state index is 12.2. The molecule has 2 aliphatic carbocycles. The van der Waals surface area contributed by atoms with Crippen LogP contribution in [0.3, 0.4) is 0 Å². The number of amides is 16. The van der Waals surface area contributed by atoms with Crippen LogP contribution in [0.4, 0.5) is 0 Å². The summed E-state index contributed by atoms with van der Waals surface area (Å²) in [5.74, 6) is -14.9. The van der Waals surface area contributed by atoms with Crippen LogP contribution in [-0.2, 0) is 143 Å². The van der Waals surface area contributed by atoms with E-state index in [0.29, 0.717) is 11.1 Å². The molecular weight excluding hydrogens is 1870 g/mol. The van der Waals surface area contributed by atoms with E-state index in [1.807, 2.05) is 0 Å². The van der Waals surface area contributed by atoms with E-state index in [-0.39, 0.29) is 59.1 Å². The summed E-state index contributed by atoms with van der Waals surface area (Å²) >= 11 is 0. The smallest absolute Gasteiger partial charge is 0.332 e. The van der Waals surface area contributed by atoms with Crippen molar-refractivity contribution >= 4 is 142 Å². The van der Waals surface area contributed by atoms with Crippen LogP contribution in [0.25, 0.3) is 0 Å². The molecule has 2 aromatic rings. The number of carbonyl (C=O) groups excluding carboxylic acids is 24. The van der Waals surface area contributed by atoms with Crippen molar-refractivity contribution < 1.29 is 153 Å². The van der Waals surface area contributed by atoms with Crippen LogP contribution in [0.5, 0.6) is 0 Å². The number of nitrogens with one attached hydrogen (secondary N) is 16. The first-order valence-corrected chi connectivity index (χ1v) is 45.5. The fourth-order valence-electron chi connectivity index (χ4n) is 10.8. The molecule has 0 saturated heterocycles. The van der Waals surface area contributed by atoms with Crippen LogP contribution in [-0.4, -0.2) is 244 Å². The van der Waals surface area contributed by atoms with Crippen molar-refractivity contribution in [1.29, 1.82) is 0 Å². The minimum atomic E-state index is -0.940. The van der Waals surface area contributed by atoms with Gasteiger partial charge in [-0.05, 0) is 105 Å².